The Labute approximate surface area is 129 Å². The molecule has 1 saturated heterocycles. The fourth-order valence-corrected chi connectivity index (χ4v) is 4.14. The fourth-order valence-electron chi connectivity index (χ4n) is 2.29. The van der Waals surface area contributed by atoms with Gasteiger partial charge in [-0.05, 0) is 38.1 Å². The van der Waals surface area contributed by atoms with Crippen LogP contribution in [0.2, 0.25) is 5.02 Å². The molecule has 0 aromatic heterocycles. The smallest absolute Gasteiger partial charge is 0.246 e. The molecule has 0 radical (unpaired) electrons. The fraction of sp³-hybridized carbons (Fsp3) is 0.500. The Kier molecular flexibility index (Phi) is 6.22. The van der Waals surface area contributed by atoms with E-state index in [1.54, 1.807) is 0 Å². The predicted octanol–water partition coefficient (Wildman–Crippen LogP) is 2.13. The summed E-state index contributed by atoms with van der Waals surface area (Å²) in [5.74, 6) is -0.608. The Hall–Kier alpha value is -0.400. The normalized spacial score (nSPS) is 19.9. The average Bonchev–Trinajstić information content (AvgIpc) is 2.82. The van der Waals surface area contributed by atoms with Gasteiger partial charge >= 0.3 is 0 Å². The highest BCUT2D eigenvalue weighted by molar-refractivity contribution is 7.89. The summed E-state index contributed by atoms with van der Waals surface area (Å²) in [5.41, 5.74) is 0. The molecule has 1 atom stereocenters. The molecular formula is C12H17Cl2FN2O2S. The Bertz CT molecular complexity index is 569. The van der Waals surface area contributed by atoms with Gasteiger partial charge in [-0.15, -0.1) is 12.4 Å². The highest BCUT2D eigenvalue weighted by Crippen LogP contribution is 2.28. The Morgan fingerprint density at radius 2 is 2.20 bits per heavy atom. The van der Waals surface area contributed by atoms with Crippen LogP contribution in [0.25, 0.3) is 0 Å². The van der Waals surface area contributed by atoms with Crippen LogP contribution in [-0.4, -0.2) is 39.4 Å². The predicted molar refractivity (Wildman–Crippen MR) is 79.5 cm³/mol. The van der Waals surface area contributed by atoms with Crippen LogP contribution in [0, 0.1) is 11.7 Å². The third-order valence-electron chi connectivity index (χ3n) is 3.28. The third kappa shape index (κ3) is 3.43. The number of nitrogens with one attached hydrogen (secondary N) is 1. The molecule has 1 aliphatic rings. The molecule has 0 amide bonds. The lowest BCUT2D eigenvalue weighted by atomic mass is 10.1. The van der Waals surface area contributed by atoms with Crippen LogP contribution in [0.5, 0.6) is 0 Å². The molecule has 20 heavy (non-hydrogen) atoms. The van der Waals surface area contributed by atoms with Gasteiger partial charge in [-0.1, -0.05) is 17.7 Å². The van der Waals surface area contributed by atoms with Gasteiger partial charge in [0.25, 0.3) is 0 Å². The molecule has 0 spiro atoms. The van der Waals surface area contributed by atoms with Crippen molar-refractivity contribution in [2.75, 3.05) is 26.7 Å². The van der Waals surface area contributed by atoms with E-state index in [2.05, 4.69) is 5.32 Å². The summed E-state index contributed by atoms with van der Waals surface area (Å²) in [6, 6.07) is 4.03. The molecule has 1 heterocycles. The minimum absolute atomic E-state index is 0. The van der Waals surface area contributed by atoms with Crippen molar-refractivity contribution in [3.8, 4) is 0 Å². The van der Waals surface area contributed by atoms with Crippen molar-refractivity contribution in [1.29, 1.82) is 0 Å². The van der Waals surface area contributed by atoms with E-state index in [0.717, 1.165) is 13.0 Å². The third-order valence-corrected chi connectivity index (χ3v) is 5.45. The average molecular weight is 343 g/mol. The minimum Gasteiger partial charge on any atom is -0.319 e. The van der Waals surface area contributed by atoms with Gasteiger partial charge in [0.15, 0.2) is 5.82 Å². The highest BCUT2D eigenvalue weighted by atomic mass is 35.5. The van der Waals surface area contributed by atoms with Gasteiger partial charge in [0, 0.05) is 13.1 Å². The van der Waals surface area contributed by atoms with E-state index in [1.807, 2.05) is 7.05 Å². The Balaban J connectivity index is 0.00000200. The van der Waals surface area contributed by atoms with Crippen LogP contribution in [0.3, 0.4) is 0 Å². The van der Waals surface area contributed by atoms with Gasteiger partial charge in [-0.2, -0.15) is 4.31 Å². The first-order chi connectivity index (χ1) is 8.96. The summed E-state index contributed by atoms with van der Waals surface area (Å²) < 4.78 is 39.9. The van der Waals surface area contributed by atoms with Crippen LogP contribution >= 0.6 is 24.0 Å². The molecule has 2 rings (SSSR count). The first kappa shape index (κ1) is 17.7. The van der Waals surface area contributed by atoms with E-state index in [0.29, 0.717) is 13.1 Å². The van der Waals surface area contributed by atoms with E-state index in [9.17, 15) is 12.8 Å². The highest BCUT2D eigenvalue weighted by Gasteiger charge is 2.34. The molecule has 0 saturated carbocycles. The molecule has 1 aliphatic heterocycles. The molecule has 4 nitrogen and oxygen atoms in total. The number of halogens is 3. The van der Waals surface area contributed by atoms with Gasteiger partial charge in [0.05, 0.1) is 5.02 Å². The first-order valence-corrected chi connectivity index (χ1v) is 7.87. The maximum atomic E-state index is 13.8. The number of benzene rings is 1. The lowest BCUT2D eigenvalue weighted by Gasteiger charge is -2.17. The monoisotopic (exact) mass is 342 g/mol. The SMILES string of the molecule is CNCC1CCN(S(=O)(=O)c2cccc(Cl)c2F)C1.Cl. The zero-order chi connectivity index (χ0) is 14.0. The molecule has 1 unspecified atom stereocenters. The molecular weight excluding hydrogens is 326 g/mol. The summed E-state index contributed by atoms with van der Waals surface area (Å²) >= 11 is 5.64. The van der Waals surface area contributed by atoms with Crippen LogP contribution in [0.4, 0.5) is 4.39 Å². The summed E-state index contributed by atoms with van der Waals surface area (Å²) in [5, 5.41) is 2.85. The van der Waals surface area contributed by atoms with Gasteiger partial charge in [-0.3, -0.25) is 0 Å². The number of hydrogen-bond acceptors (Lipinski definition) is 3. The second-order valence-electron chi connectivity index (χ2n) is 4.63. The zero-order valence-electron chi connectivity index (χ0n) is 11.0. The van der Waals surface area contributed by atoms with Crippen molar-refractivity contribution in [3.63, 3.8) is 0 Å². The Morgan fingerprint density at radius 3 is 2.85 bits per heavy atom. The summed E-state index contributed by atoms with van der Waals surface area (Å²) in [6.45, 7) is 1.58. The topological polar surface area (TPSA) is 49.4 Å². The van der Waals surface area contributed by atoms with Crippen molar-refractivity contribution in [3.05, 3.63) is 29.0 Å². The number of rotatable bonds is 4. The standard InChI is InChI=1S/C12H16ClFN2O2S.ClH/c1-15-7-9-5-6-16(8-9)19(17,18)11-4-2-3-10(13)12(11)14;/h2-4,9,15H,5-8H2,1H3;1H. The van der Waals surface area contributed by atoms with Crippen molar-refractivity contribution >= 4 is 34.0 Å². The van der Waals surface area contributed by atoms with Gasteiger partial charge in [-0.25, -0.2) is 12.8 Å². The van der Waals surface area contributed by atoms with E-state index in [-0.39, 0.29) is 28.2 Å². The van der Waals surface area contributed by atoms with Crippen molar-refractivity contribution in [1.82, 2.24) is 9.62 Å². The number of nitrogens with zero attached hydrogens (tertiary/aromatic N) is 1. The quantitative estimate of drug-likeness (QED) is 0.911. The summed E-state index contributed by atoms with van der Waals surface area (Å²) in [6.07, 6.45) is 0.780. The second-order valence-corrected chi connectivity index (χ2v) is 6.94. The van der Waals surface area contributed by atoms with Crippen molar-refractivity contribution < 1.29 is 12.8 Å². The molecule has 1 aromatic carbocycles. The van der Waals surface area contributed by atoms with E-state index < -0.39 is 15.8 Å². The minimum atomic E-state index is -3.80. The second kappa shape index (κ2) is 7.04. The maximum absolute atomic E-state index is 13.8. The van der Waals surface area contributed by atoms with Crippen LogP contribution in [0.1, 0.15) is 6.42 Å². The van der Waals surface area contributed by atoms with Gasteiger partial charge in [0.1, 0.15) is 4.90 Å². The molecule has 0 bridgehead atoms. The van der Waals surface area contributed by atoms with Gasteiger partial charge < -0.3 is 5.32 Å². The van der Waals surface area contributed by atoms with Crippen LogP contribution in [-0.2, 0) is 10.0 Å². The van der Waals surface area contributed by atoms with Crippen molar-refractivity contribution in [2.45, 2.75) is 11.3 Å². The molecule has 114 valence electrons. The largest absolute Gasteiger partial charge is 0.319 e. The van der Waals surface area contributed by atoms with Crippen molar-refractivity contribution in [2.24, 2.45) is 5.92 Å². The zero-order valence-corrected chi connectivity index (χ0v) is 13.4. The summed E-state index contributed by atoms with van der Waals surface area (Å²) in [7, 11) is -1.97. The molecule has 0 aliphatic carbocycles. The summed E-state index contributed by atoms with van der Waals surface area (Å²) in [4.78, 5) is -0.342. The molecule has 8 heteroatoms. The van der Waals surface area contributed by atoms with Gasteiger partial charge in [0.2, 0.25) is 10.0 Å². The number of sulfonamides is 1. The molecule has 1 N–H and O–H groups in total. The lowest BCUT2D eigenvalue weighted by Crippen LogP contribution is -2.31. The Morgan fingerprint density at radius 1 is 1.50 bits per heavy atom. The van der Waals surface area contributed by atoms with E-state index >= 15 is 0 Å². The van der Waals surface area contributed by atoms with E-state index in [4.69, 9.17) is 11.6 Å². The van der Waals surface area contributed by atoms with Crippen LogP contribution in [0.15, 0.2) is 23.1 Å². The first-order valence-electron chi connectivity index (χ1n) is 6.05. The lowest BCUT2D eigenvalue weighted by molar-refractivity contribution is 0.446. The molecule has 1 fully saturated rings. The molecule has 1 aromatic rings. The maximum Gasteiger partial charge on any atom is 0.246 e. The van der Waals surface area contributed by atoms with Crippen LogP contribution < -0.4 is 5.32 Å². The number of hydrogen-bond donors (Lipinski definition) is 1. The van der Waals surface area contributed by atoms with E-state index in [1.165, 1.54) is 22.5 Å².